The Hall–Kier alpha value is -2.37. The summed E-state index contributed by atoms with van der Waals surface area (Å²) in [5, 5.41) is 13.4. The molecule has 2 N–H and O–H groups in total. The summed E-state index contributed by atoms with van der Waals surface area (Å²) >= 11 is 12.0. The molecule has 1 aliphatic heterocycles. The molecular formula is C17H13Cl2N3O2. The summed E-state index contributed by atoms with van der Waals surface area (Å²) < 4.78 is 0. The van der Waals surface area contributed by atoms with Gasteiger partial charge in [-0.15, -0.1) is 0 Å². The highest BCUT2D eigenvalue weighted by Gasteiger charge is 2.29. The number of hydrogen-bond acceptors (Lipinski definition) is 4. The van der Waals surface area contributed by atoms with E-state index in [9.17, 15) is 9.90 Å². The number of aliphatic imine (C=N–C) groups is 1. The van der Waals surface area contributed by atoms with Gasteiger partial charge in [0, 0.05) is 23.7 Å². The maximum absolute atomic E-state index is 11.7. The molecule has 24 heavy (non-hydrogen) atoms. The second-order valence-electron chi connectivity index (χ2n) is 5.26. The van der Waals surface area contributed by atoms with Crippen LogP contribution in [0.4, 0.5) is 0 Å². The van der Waals surface area contributed by atoms with Gasteiger partial charge in [-0.3, -0.25) is 9.98 Å². The lowest BCUT2D eigenvalue weighted by molar-refractivity contribution is -0.133. The monoisotopic (exact) mass is 361 g/mol. The van der Waals surface area contributed by atoms with Gasteiger partial charge in [0.1, 0.15) is 11.9 Å². The molecule has 2 aromatic rings. The number of rotatable bonds is 3. The molecule has 1 aromatic carbocycles. The van der Waals surface area contributed by atoms with Crippen molar-refractivity contribution in [3.8, 4) is 0 Å². The first kappa shape index (κ1) is 16.5. The number of benzene rings is 1. The highest BCUT2D eigenvalue weighted by Crippen LogP contribution is 2.34. The number of allylic oxidation sites excluding steroid dienone is 1. The van der Waals surface area contributed by atoms with Gasteiger partial charge in [-0.2, -0.15) is 0 Å². The third-order valence-corrected chi connectivity index (χ3v) is 4.41. The molecule has 1 aromatic heterocycles. The van der Waals surface area contributed by atoms with Crippen LogP contribution >= 0.6 is 23.2 Å². The Kier molecular flexibility index (Phi) is 4.55. The highest BCUT2D eigenvalue weighted by molar-refractivity contribution is 6.42. The van der Waals surface area contributed by atoms with Crippen LogP contribution in [-0.2, 0) is 4.79 Å². The Bertz CT molecular complexity index is 863. The molecule has 0 bridgehead atoms. The number of carbonyl (C=O) groups is 1. The first-order chi connectivity index (χ1) is 11.5. The molecule has 0 saturated carbocycles. The van der Waals surface area contributed by atoms with Crippen molar-refractivity contribution in [1.29, 1.82) is 0 Å². The normalized spacial score (nSPS) is 17.3. The zero-order valence-electron chi connectivity index (χ0n) is 12.6. The van der Waals surface area contributed by atoms with Crippen molar-refractivity contribution in [3.05, 3.63) is 75.2 Å². The van der Waals surface area contributed by atoms with Crippen LogP contribution in [0, 0.1) is 0 Å². The maximum Gasteiger partial charge on any atom is 0.335 e. The van der Waals surface area contributed by atoms with E-state index in [1.54, 1.807) is 43.6 Å². The number of carboxylic acid groups (broad SMARTS) is 1. The van der Waals surface area contributed by atoms with Crippen molar-refractivity contribution in [2.45, 2.75) is 13.0 Å². The van der Waals surface area contributed by atoms with Crippen LogP contribution in [0.25, 0.3) is 0 Å². The van der Waals surface area contributed by atoms with E-state index in [2.05, 4.69) is 15.3 Å². The van der Waals surface area contributed by atoms with Crippen LogP contribution in [-0.4, -0.2) is 21.9 Å². The predicted molar refractivity (Wildman–Crippen MR) is 93.4 cm³/mol. The fourth-order valence-corrected chi connectivity index (χ4v) is 2.83. The molecule has 0 amide bonds. The van der Waals surface area contributed by atoms with Crippen LogP contribution < -0.4 is 5.32 Å². The van der Waals surface area contributed by atoms with Gasteiger partial charge < -0.3 is 10.4 Å². The molecule has 0 aliphatic carbocycles. The Morgan fingerprint density at radius 3 is 2.67 bits per heavy atom. The topological polar surface area (TPSA) is 74.6 Å². The second-order valence-corrected chi connectivity index (χ2v) is 6.08. The van der Waals surface area contributed by atoms with Gasteiger partial charge in [0.2, 0.25) is 0 Å². The smallest absolute Gasteiger partial charge is 0.335 e. The largest absolute Gasteiger partial charge is 0.478 e. The van der Waals surface area contributed by atoms with Crippen LogP contribution in [0.3, 0.4) is 0 Å². The van der Waals surface area contributed by atoms with E-state index in [1.807, 2.05) is 6.07 Å². The lowest BCUT2D eigenvalue weighted by atomic mass is 9.95. The quantitative estimate of drug-likeness (QED) is 0.870. The Morgan fingerprint density at radius 2 is 2.04 bits per heavy atom. The minimum Gasteiger partial charge on any atom is -0.478 e. The summed E-state index contributed by atoms with van der Waals surface area (Å²) in [5.74, 6) is -0.480. The summed E-state index contributed by atoms with van der Waals surface area (Å²) in [5.41, 5.74) is 2.11. The van der Waals surface area contributed by atoms with E-state index in [0.29, 0.717) is 27.1 Å². The summed E-state index contributed by atoms with van der Waals surface area (Å²) in [6.45, 7) is 1.71. The average molecular weight is 362 g/mol. The Morgan fingerprint density at radius 1 is 1.25 bits per heavy atom. The molecule has 7 heteroatoms. The van der Waals surface area contributed by atoms with Gasteiger partial charge in [0.15, 0.2) is 0 Å². The lowest BCUT2D eigenvalue weighted by Crippen LogP contribution is -2.32. The third-order valence-electron chi connectivity index (χ3n) is 3.67. The van der Waals surface area contributed by atoms with Crippen molar-refractivity contribution in [2.24, 2.45) is 4.99 Å². The summed E-state index contributed by atoms with van der Waals surface area (Å²) in [6.07, 6.45) is 3.32. The molecule has 1 unspecified atom stereocenters. The summed E-state index contributed by atoms with van der Waals surface area (Å²) in [7, 11) is 0. The third kappa shape index (κ3) is 3.13. The van der Waals surface area contributed by atoms with Gasteiger partial charge in [-0.1, -0.05) is 29.3 Å². The number of aromatic nitrogens is 1. The minimum absolute atomic E-state index is 0.168. The van der Waals surface area contributed by atoms with Gasteiger partial charge in [0.05, 0.1) is 15.6 Å². The van der Waals surface area contributed by atoms with E-state index < -0.39 is 12.0 Å². The highest BCUT2D eigenvalue weighted by atomic mass is 35.5. The van der Waals surface area contributed by atoms with Crippen LogP contribution in [0.15, 0.2) is 59.0 Å². The number of hydrogen-bond donors (Lipinski definition) is 2. The zero-order valence-corrected chi connectivity index (χ0v) is 14.1. The molecule has 122 valence electrons. The molecule has 3 rings (SSSR count). The average Bonchev–Trinajstić information content (AvgIpc) is 2.57. The van der Waals surface area contributed by atoms with E-state index in [0.717, 1.165) is 5.56 Å². The van der Waals surface area contributed by atoms with Gasteiger partial charge >= 0.3 is 5.97 Å². The fraction of sp³-hybridized carbons (Fsp3) is 0.118. The SMILES string of the molecule is CC1=C(C(=O)O)C(c2ccc(Cl)c(Cl)c2)N=C(c2cccnc2)N1. The van der Waals surface area contributed by atoms with Crippen LogP contribution in [0.5, 0.6) is 0 Å². The van der Waals surface area contributed by atoms with E-state index in [1.165, 1.54) is 0 Å². The first-order valence-corrected chi connectivity index (χ1v) is 7.87. The van der Waals surface area contributed by atoms with Gasteiger partial charge in [-0.25, -0.2) is 4.79 Å². The maximum atomic E-state index is 11.7. The fourth-order valence-electron chi connectivity index (χ4n) is 2.53. The van der Waals surface area contributed by atoms with Gasteiger partial charge in [-0.05, 0) is 36.8 Å². The molecular weight excluding hydrogens is 349 g/mol. The lowest BCUT2D eigenvalue weighted by Gasteiger charge is -2.25. The van der Waals surface area contributed by atoms with Crippen molar-refractivity contribution >= 4 is 35.0 Å². The van der Waals surface area contributed by atoms with Crippen molar-refractivity contribution in [1.82, 2.24) is 10.3 Å². The Balaban J connectivity index is 2.12. The van der Waals surface area contributed by atoms with Crippen molar-refractivity contribution < 1.29 is 9.90 Å². The van der Waals surface area contributed by atoms with Crippen LogP contribution in [0.2, 0.25) is 10.0 Å². The first-order valence-electron chi connectivity index (χ1n) is 7.11. The summed E-state index contributed by atoms with van der Waals surface area (Å²) in [4.78, 5) is 20.3. The number of nitrogens with one attached hydrogen (secondary N) is 1. The molecule has 2 heterocycles. The number of carboxylic acids is 1. The van der Waals surface area contributed by atoms with Crippen LogP contribution in [0.1, 0.15) is 24.1 Å². The zero-order chi connectivity index (χ0) is 17.3. The van der Waals surface area contributed by atoms with Crippen molar-refractivity contribution in [3.63, 3.8) is 0 Å². The van der Waals surface area contributed by atoms with Crippen molar-refractivity contribution in [2.75, 3.05) is 0 Å². The number of aliphatic carboxylic acids is 1. The predicted octanol–water partition coefficient (Wildman–Crippen LogP) is 3.84. The van der Waals surface area contributed by atoms with Gasteiger partial charge in [0.25, 0.3) is 0 Å². The molecule has 1 aliphatic rings. The number of pyridine rings is 1. The second kappa shape index (κ2) is 6.63. The molecule has 0 radical (unpaired) electrons. The molecule has 5 nitrogen and oxygen atoms in total. The number of halogens is 2. The van der Waals surface area contributed by atoms with E-state index in [4.69, 9.17) is 23.2 Å². The standard InChI is InChI=1S/C17H13Cl2N3O2/c1-9-14(17(23)24)15(10-4-5-12(18)13(19)7-10)22-16(21-9)11-3-2-6-20-8-11/h2-8,15H,1H3,(H,21,22)(H,23,24). The number of amidine groups is 1. The molecule has 0 spiro atoms. The molecule has 0 fully saturated rings. The Labute approximate surface area is 148 Å². The minimum atomic E-state index is -1.04. The molecule has 1 atom stereocenters. The van der Waals surface area contributed by atoms with E-state index in [-0.39, 0.29) is 5.57 Å². The number of nitrogens with zero attached hydrogens (tertiary/aromatic N) is 2. The molecule has 0 saturated heterocycles. The van der Waals surface area contributed by atoms with E-state index >= 15 is 0 Å². The summed E-state index contributed by atoms with van der Waals surface area (Å²) in [6, 6.07) is 7.96.